The average Bonchev–Trinajstić information content (AvgIpc) is 2.42. The van der Waals surface area contributed by atoms with E-state index in [0.717, 1.165) is 5.56 Å². The van der Waals surface area contributed by atoms with Crippen molar-refractivity contribution in [2.24, 2.45) is 5.73 Å². The monoisotopic (exact) mass is 340 g/mol. The smallest absolute Gasteiger partial charge is 0.422 e. The largest absolute Gasteiger partial charge is 0.484 e. The highest BCUT2D eigenvalue weighted by molar-refractivity contribution is 5.85. The highest BCUT2D eigenvalue weighted by atomic mass is 35.5. The SMILES string of the molecule is CC(NC(=O)CCCN)c1ccc(OCC(F)(F)F)cc1.Cl. The number of carbonyl (C=O) groups excluding carboxylic acids is 1. The number of hydrogen-bond acceptors (Lipinski definition) is 3. The molecule has 0 aliphatic heterocycles. The zero-order chi connectivity index (χ0) is 15.9. The van der Waals surface area contributed by atoms with Gasteiger partial charge in [-0.2, -0.15) is 13.2 Å². The molecule has 8 heteroatoms. The molecule has 0 fully saturated rings. The summed E-state index contributed by atoms with van der Waals surface area (Å²) >= 11 is 0. The normalized spacial score (nSPS) is 12.2. The third-order valence-electron chi connectivity index (χ3n) is 2.77. The average molecular weight is 341 g/mol. The van der Waals surface area contributed by atoms with Crippen LogP contribution in [0, 0.1) is 0 Å². The van der Waals surface area contributed by atoms with Gasteiger partial charge in [0.15, 0.2) is 6.61 Å². The second-order valence-corrected chi connectivity index (χ2v) is 4.65. The van der Waals surface area contributed by atoms with Crippen molar-refractivity contribution in [3.63, 3.8) is 0 Å². The van der Waals surface area contributed by atoms with Gasteiger partial charge in [0.2, 0.25) is 5.91 Å². The number of carbonyl (C=O) groups is 1. The Kier molecular flexibility index (Phi) is 8.89. The van der Waals surface area contributed by atoms with E-state index in [0.29, 0.717) is 19.4 Å². The molecule has 0 aliphatic carbocycles. The first kappa shape index (κ1) is 20.5. The Morgan fingerprint density at radius 1 is 1.32 bits per heavy atom. The second kappa shape index (κ2) is 9.53. The van der Waals surface area contributed by atoms with Crippen LogP contribution in [-0.4, -0.2) is 25.2 Å². The summed E-state index contributed by atoms with van der Waals surface area (Å²) in [6, 6.07) is 5.92. The van der Waals surface area contributed by atoms with Crippen molar-refractivity contribution in [1.82, 2.24) is 5.32 Å². The summed E-state index contributed by atoms with van der Waals surface area (Å²) in [5, 5.41) is 2.79. The summed E-state index contributed by atoms with van der Waals surface area (Å²) in [7, 11) is 0. The van der Waals surface area contributed by atoms with Gasteiger partial charge >= 0.3 is 6.18 Å². The van der Waals surface area contributed by atoms with Crippen molar-refractivity contribution >= 4 is 18.3 Å². The molecule has 0 spiro atoms. The van der Waals surface area contributed by atoms with Gasteiger partial charge in [-0.3, -0.25) is 4.79 Å². The van der Waals surface area contributed by atoms with Gasteiger partial charge in [0.25, 0.3) is 0 Å². The molecular formula is C14H20ClF3N2O2. The van der Waals surface area contributed by atoms with Crippen LogP contribution in [0.15, 0.2) is 24.3 Å². The molecule has 0 saturated carbocycles. The van der Waals surface area contributed by atoms with Crippen LogP contribution >= 0.6 is 12.4 Å². The van der Waals surface area contributed by atoms with Gasteiger partial charge in [-0.1, -0.05) is 12.1 Å². The lowest BCUT2D eigenvalue weighted by Gasteiger charge is -2.15. The number of halogens is 4. The maximum absolute atomic E-state index is 12.0. The minimum Gasteiger partial charge on any atom is -0.484 e. The van der Waals surface area contributed by atoms with E-state index in [1.165, 1.54) is 12.1 Å². The topological polar surface area (TPSA) is 64.4 Å². The van der Waals surface area contributed by atoms with Gasteiger partial charge in [0, 0.05) is 6.42 Å². The first-order valence-corrected chi connectivity index (χ1v) is 6.61. The van der Waals surface area contributed by atoms with Crippen LogP contribution < -0.4 is 15.8 Å². The number of alkyl halides is 3. The Morgan fingerprint density at radius 3 is 2.41 bits per heavy atom. The first-order valence-electron chi connectivity index (χ1n) is 6.61. The van der Waals surface area contributed by atoms with Crippen LogP contribution in [0.5, 0.6) is 5.75 Å². The lowest BCUT2D eigenvalue weighted by molar-refractivity contribution is -0.153. The standard InChI is InChI=1S/C14H19F3N2O2.ClH/c1-10(19-13(20)3-2-8-18)11-4-6-12(7-5-11)21-9-14(15,16)17;/h4-7,10H,2-3,8-9,18H2,1H3,(H,19,20);1H. The molecule has 1 aromatic rings. The highest BCUT2D eigenvalue weighted by Gasteiger charge is 2.28. The number of benzene rings is 1. The molecule has 3 N–H and O–H groups in total. The zero-order valence-corrected chi connectivity index (χ0v) is 13.0. The van der Waals surface area contributed by atoms with Crippen molar-refractivity contribution in [3.05, 3.63) is 29.8 Å². The lowest BCUT2D eigenvalue weighted by Crippen LogP contribution is -2.26. The fourth-order valence-electron chi connectivity index (χ4n) is 1.68. The Labute approximate surface area is 133 Å². The molecule has 0 aromatic heterocycles. The molecule has 4 nitrogen and oxygen atoms in total. The predicted molar refractivity (Wildman–Crippen MR) is 80.1 cm³/mol. The summed E-state index contributed by atoms with van der Waals surface area (Å²) in [4.78, 5) is 11.5. The van der Waals surface area contributed by atoms with Crippen molar-refractivity contribution < 1.29 is 22.7 Å². The molecule has 126 valence electrons. The number of nitrogens with one attached hydrogen (secondary N) is 1. The third kappa shape index (κ3) is 8.09. The zero-order valence-electron chi connectivity index (χ0n) is 12.2. The molecule has 1 amide bonds. The maximum atomic E-state index is 12.0. The van der Waals surface area contributed by atoms with E-state index in [1.54, 1.807) is 19.1 Å². The Morgan fingerprint density at radius 2 is 1.91 bits per heavy atom. The van der Waals surface area contributed by atoms with Crippen LogP contribution in [0.4, 0.5) is 13.2 Å². The predicted octanol–water partition coefficient (Wildman–Crippen LogP) is 2.97. The molecule has 0 bridgehead atoms. The quantitative estimate of drug-likeness (QED) is 0.802. The third-order valence-corrected chi connectivity index (χ3v) is 2.77. The van der Waals surface area contributed by atoms with Gasteiger partial charge in [0.05, 0.1) is 6.04 Å². The Bertz CT molecular complexity index is 452. The molecule has 1 unspecified atom stereocenters. The molecule has 22 heavy (non-hydrogen) atoms. The minimum atomic E-state index is -4.36. The summed E-state index contributed by atoms with van der Waals surface area (Å²) < 4.78 is 40.7. The van der Waals surface area contributed by atoms with Gasteiger partial charge in [-0.15, -0.1) is 12.4 Å². The van der Waals surface area contributed by atoms with Gasteiger partial charge in [-0.05, 0) is 37.6 Å². The van der Waals surface area contributed by atoms with E-state index >= 15 is 0 Å². The van der Waals surface area contributed by atoms with Crippen molar-refractivity contribution in [1.29, 1.82) is 0 Å². The van der Waals surface area contributed by atoms with Gasteiger partial charge < -0.3 is 15.8 Å². The van der Waals surface area contributed by atoms with E-state index in [4.69, 9.17) is 5.73 Å². The van der Waals surface area contributed by atoms with Crippen LogP contribution in [0.2, 0.25) is 0 Å². The van der Waals surface area contributed by atoms with Gasteiger partial charge in [-0.25, -0.2) is 0 Å². The maximum Gasteiger partial charge on any atom is 0.422 e. The first-order chi connectivity index (χ1) is 9.81. The van der Waals surface area contributed by atoms with Crippen molar-refractivity contribution in [3.8, 4) is 5.75 Å². The fraction of sp³-hybridized carbons (Fsp3) is 0.500. The van der Waals surface area contributed by atoms with E-state index in [-0.39, 0.29) is 30.1 Å². The summed E-state index contributed by atoms with van der Waals surface area (Å²) in [6.45, 7) is 0.927. The molecular weight excluding hydrogens is 321 g/mol. The van der Waals surface area contributed by atoms with Crippen LogP contribution in [0.3, 0.4) is 0 Å². The fourth-order valence-corrected chi connectivity index (χ4v) is 1.68. The number of nitrogens with two attached hydrogens (primary N) is 1. The second-order valence-electron chi connectivity index (χ2n) is 4.65. The highest BCUT2D eigenvalue weighted by Crippen LogP contribution is 2.21. The van der Waals surface area contributed by atoms with Crippen molar-refractivity contribution in [2.75, 3.05) is 13.2 Å². The lowest BCUT2D eigenvalue weighted by atomic mass is 10.1. The molecule has 1 aromatic carbocycles. The van der Waals surface area contributed by atoms with E-state index in [9.17, 15) is 18.0 Å². The van der Waals surface area contributed by atoms with Crippen LogP contribution in [0.25, 0.3) is 0 Å². The molecule has 0 heterocycles. The molecule has 1 atom stereocenters. The Balaban J connectivity index is 0.00000441. The van der Waals surface area contributed by atoms with Crippen molar-refractivity contribution in [2.45, 2.75) is 32.0 Å². The minimum absolute atomic E-state index is 0. The number of amides is 1. The van der Waals surface area contributed by atoms with E-state index in [2.05, 4.69) is 10.1 Å². The van der Waals surface area contributed by atoms with Crippen LogP contribution in [-0.2, 0) is 4.79 Å². The molecule has 0 aliphatic rings. The number of ether oxygens (including phenoxy) is 1. The van der Waals surface area contributed by atoms with Crippen LogP contribution in [0.1, 0.15) is 31.4 Å². The molecule has 0 radical (unpaired) electrons. The van der Waals surface area contributed by atoms with E-state index in [1.807, 2.05) is 0 Å². The van der Waals surface area contributed by atoms with Gasteiger partial charge in [0.1, 0.15) is 5.75 Å². The number of hydrogen-bond donors (Lipinski definition) is 2. The molecule has 1 rings (SSSR count). The molecule has 0 saturated heterocycles. The summed E-state index contributed by atoms with van der Waals surface area (Å²) in [5.41, 5.74) is 6.11. The summed E-state index contributed by atoms with van der Waals surface area (Å²) in [5.74, 6) is 0.0306. The number of rotatable bonds is 7. The summed E-state index contributed by atoms with van der Waals surface area (Å²) in [6.07, 6.45) is -3.39. The van der Waals surface area contributed by atoms with E-state index < -0.39 is 12.8 Å². The Hall–Kier alpha value is -1.47.